The van der Waals surface area contributed by atoms with E-state index in [9.17, 15) is 13.6 Å². The number of carbonyl (C=O) groups is 1. The van der Waals surface area contributed by atoms with Crippen molar-refractivity contribution in [1.82, 2.24) is 15.3 Å². The van der Waals surface area contributed by atoms with Gasteiger partial charge in [0.2, 0.25) is 5.91 Å². The van der Waals surface area contributed by atoms with Crippen LogP contribution < -0.4 is 11.1 Å². The van der Waals surface area contributed by atoms with E-state index in [1.165, 1.54) is 6.07 Å². The van der Waals surface area contributed by atoms with Crippen LogP contribution >= 0.6 is 24.8 Å². The molecule has 0 bridgehead atoms. The van der Waals surface area contributed by atoms with E-state index in [4.69, 9.17) is 5.73 Å². The van der Waals surface area contributed by atoms with Crippen LogP contribution in [0.15, 0.2) is 42.7 Å². The Morgan fingerprint density at radius 3 is 2.65 bits per heavy atom. The molecular formula is C17H18Cl2F2N4O. The molecule has 0 aliphatic rings. The monoisotopic (exact) mass is 402 g/mol. The SMILES string of the molecule is Cl.Cl.NC(Cc1ccc(F)c(F)c1)C(=O)NCc1cnc2[nH]ccc2c1. The molecule has 2 aromatic heterocycles. The number of hydrogen-bond acceptors (Lipinski definition) is 3. The molecule has 0 saturated carbocycles. The highest BCUT2D eigenvalue weighted by Gasteiger charge is 2.15. The molecule has 1 amide bonds. The fourth-order valence-corrected chi connectivity index (χ4v) is 2.42. The summed E-state index contributed by atoms with van der Waals surface area (Å²) in [6.07, 6.45) is 3.58. The number of H-pyrrole nitrogens is 1. The van der Waals surface area contributed by atoms with Crippen molar-refractivity contribution in [2.24, 2.45) is 5.73 Å². The van der Waals surface area contributed by atoms with E-state index in [2.05, 4.69) is 15.3 Å². The van der Waals surface area contributed by atoms with Gasteiger partial charge in [-0.25, -0.2) is 13.8 Å². The number of halogens is 4. The van der Waals surface area contributed by atoms with E-state index in [0.29, 0.717) is 12.1 Å². The molecule has 0 saturated heterocycles. The number of nitrogens with one attached hydrogen (secondary N) is 2. The minimum absolute atomic E-state index is 0. The first-order valence-electron chi connectivity index (χ1n) is 7.42. The third-order valence-electron chi connectivity index (χ3n) is 3.70. The molecule has 9 heteroatoms. The number of rotatable bonds is 5. The molecule has 0 fully saturated rings. The van der Waals surface area contributed by atoms with Gasteiger partial charge in [-0.2, -0.15) is 0 Å². The molecule has 1 atom stereocenters. The molecule has 1 aromatic carbocycles. The van der Waals surface area contributed by atoms with E-state index in [1.807, 2.05) is 12.1 Å². The summed E-state index contributed by atoms with van der Waals surface area (Å²) in [5.41, 5.74) is 7.91. The fourth-order valence-electron chi connectivity index (χ4n) is 2.42. The van der Waals surface area contributed by atoms with Crippen LogP contribution in [0, 0.1) is 11.6 Å². The Morgan fingerprint density at radius 1 is 1.15 bits per heavy atom. The van der Waals surface area contributed by atoms with E-state index in [1.54, 1.807) is 12.4 Å². The van der Waals surface area contributed by atoms with E-state index >= 15 is 0 Å². The van der Waals surface area contributed by atoms with E-state index in [0.717, 1.165) is 28.7 Å². The summed E-state index contributed by atoms with van der Waals surface area (Å²) in [5, 5.41) is 3.67. The predicted octanol–water partition coefficient (Wildman–Crippen LogP) is 2.87. The van der Waals surface area contributed by atoms with Crippen molar-refractivity contribution in [1.29, 1.82) is 0 Å². The van der Waals surface area contributed by atoms with Gasteiger partial charge in [0.25, 0.3) is 0 Å². The van der Waals surface area contributed by atoms with Gasteiger partial charge >= 0.3 is 0 Å². The molecule has 2 heterocycles. The largest absolute Gasteiger partial charge is 0.351 e. The molecule has 26 heavy (non-hydrogen) atoms. The van der Waals surface area contributed by atoms with Crippen molar-refractivity contribution < 1.29 is 13.6 Å². The lowest BCUT2D eigenvalue weighted by molar-refractivity contribution is -0.122. The van der Waals surface area contributed by atoms with Crippen LogP contribution in [0.2, 0.25) is 0 Å². The van der Waals surface area contributed by atoms with Gasteiger partial charge in [-0.3, -0.25) is 4.79 Å². The van der Waals surface area contributed by atoms with Crippen molar-refractivity contribution in [3.05, 3.63) is 65.5 Å². The molecule has 1 unspecified atom stereocenters. The van der Waals surface area contributed by atoms with Gasteiger partial charge in [-0.15, -0.1) is 24.8 Å². The number of nitrogens with two attached hydrogens (primary N) is 1. The zero-order valence-corrected chi connectivity index (χ0v) is 15.2. The van der Waals surface area contributed by atoms with Gasteiger partial charge in [0.15, 0.2) is 11.6 Å². The molecule has 4 N–H and O–H groups in total. The van der Waals surface area contributed by atoms with Gasteiger partial charge in [0, 0.05) is 24.3 Å². The number of fused-ring (bicyclic) bond motifs is 1. The van der Waals surface area contributed by atoms with E-state index < -0.39 is 17.7 Å². The van der Waals surface area contributed by atoms with Gasteiger partial charge in [-0.1, -0.05) is 6.07 Å². The Kier molecular flexibility index (Phi) is 7.95. The number of aromatic amines is 1. The number of hydrogen-bond donors (Lipinski definition) is 3. The number of amides is 1. The first-order chi connectivity index (χ1) is 11.5. The van der Waals surface area contributed by atoms with Gasteiger partial charge in [0.05, 0.1) is 6.04 Å². The summed E-state index contributed by atoms with van der Waals surface area (Å²) < 4.78 is 26.1. The maximum Gasteiger partial charge on any atom is 0.237 e. The Balaban J connectivity index is 0.00000169. The maximum absolute atomic E-state index is 13.2. The highest BCUT2D eigenvalue weighted by molar-refractivity contribution is 5.85. The summed E-state index contributed by atoms with van der Waals surface area (Å²) in [7, 11) is 0. The van der Waals surface area contributed by atoms with Crippen LogP contribution in [-0.2, 0) is 17.8 Å². The molecule has 140 valence electrons. The Hall–Kier alpha value is -2.22. The minimum Gasteiger partial charge on any atom is -0.351 e. The maximum atomic E-state index is 13.2. The first kappa shape index (κ1) is 21.8. The minimum atomic E-state index is -0.953. The second-order valence-electron chi connectivity index (χ2n) is 5.54. The number of nitrogens with zero attached hydrogens (tertiary/aromatic N) is 1. The van der Waals surface area contributed by atoms with E-state index in [-0.39, 0.29) is 37.1 Å². The smallest absolute Gasteiger partial charge is 0.237 e. The fraction of sp³-hybridized carbons (Fsp3) is 0.176. The van der Waals surface area contributed by atoms with Crippen molar-refractivity contribution in [2.75, 3.05) is 0 Å². The van der Waals surface area contributed by atoms with Crippen molar-refractivity contribution >= 4 is 41.8 Å². The Morgan fingerprint density at radius 2 is 1.92 bits per heavy atom. The molecule has 0 aliphatic heterocycles. The highest BCUT2D eigenvalue weighted by atomic mass is 35.5. The summed E-state index contributed by atoms with van der Waals surface area (Å²) in [6.45, 7) is 0.290. The van der Waals surface area contributed by atoms with Crippen molar-refractivity contribution in [3.63, 3.8) is 0 Å². The van der Waals surface area contributed by atoms with Gasteiger partial charge in [-0.05, 0) is 41.8 Å². The quantitative estimate of drug-likeness (QED) is 0.613. The normalized spacial score (nSPS) is 11.3. The van der Waals surface area contributed by atoms with Crippen molar-refractivity contribution in [2.45, 2.75) is 19.0 Å². The average molecular weight is 403 g/mol. The lowest BCUT2D eigenvalue weighted by Gasteiger charge is -2.12. The molecule has 0 spiro atoms. The lowest BCUT2D eigenvalue weighted by Crippen LogP contribution is -2.41. The third-order valence-corrected chi connectivity index (χ3v) is 3.70. The predicted molar refractivity (Wildman–Crippen MR) is 100 cm³/mol. The molecule has 0 radical (unpaired) electrons. The second kappa shape index (κ2) is 9.47. The zero-order valence-electron chi connectivity index (χ0n) is 13.5. The number of carbonyl (C=O) groups excluding carboxylic acids is 1. The highest BCUT2D eigenvalue weighted by Crippen LogP contribution is 2.12. The molecule has 5 nitrogen and oxygen atoms in total. The number of benzene rings is 1. The molecular weight excluding hydrogens is 385 g/mol. The number of pyridine rings is 1. The summed E-state index contributed by atoms with van der Waals surface area (Å²) in [5.74, 6) is -2.25. The molecule has 3 aromatic rings. The van der Waals surface area contributed by atoms with Crippen LogP contribution in [0.5, 0.6) is 0 Å². The molecule has 3 rings (SSSR count). The summed E-state index contributed by atoms with van der Waals surface area (Å²) >= 11 is 0. The van der Waals surface area contributed by atoms with Gasteiger partial charge in [0.1, 0.15) is 5.65 Å². The zero-order chi connectivity index (χ0) is 17.1. The van der Waals surface area contributed by atoms with Crippen molar-refractivity contribution in [3.8, 4) is 0 Å². The first-order valence-corrected chi connectivity index (χ1v) is 7.42. The molecule has 0 aliphatic carbocycles. The average Bonchev–Trinajstić information content (AvgIpc) is 3.03. The summed E-state index contributed by atoms with van der Waals surface area (Å²) in [4.78, 5) is 19.3. The third kappa shape index (κ3) is 5.14. The van der Waals surface area contributed by atoms with Crippen LogP contribution in [0.3, 0.4) is 0 Å². The standard InChI is InChI=1S/C17H16F2N4O.2ClH/c18-13-2-1-10(6-14(13)19)7-15(20)17(24)23-9-11-5-12-3-4-21-16(12)22-8-11;;/h1-6,8,15H,7,9,20H2,(H,21,22)(H,23,24);2*1H. The van der Waals surface area contributed by atoms with Crippen LogP contribution in [-0.4, -0.2) is 21.9 Å². The second-order valence-corrected chi connectivity index (χ2v) is 5.54. The lowest BCUT2D eigenvalue weighted by atomic mass is 10.1. The Bertz CT molecular complexity index is 888. The van der Waals surface area contributed by atoms with Crippen LogP contribution in [0.25, 0.3) is 11.0 Å². The number of aromatic nitrogens is 2. The van der Waals surface area contributed by atoms with Crippen LogP contribution in [0.1, 0.15) is 11.1 Å². The summed E-state index contributed by atoms with van der Waals surface area (Å²) in [6, 6.07) is 6.44. The van der Waals surface area contributed by atoms with Crippen LogP contribution in [0.4, 0.5) is 8.78 Å². The van der Waals surface area contributed by atoms with Gasteiger partial charge < -0.3 is 16.0 Å². The Labute approximate surface area is 161 Å². The topological polar surface area (TPSA) is 83.8 Å².